The molecule has 8 heteroatoms. The number of halogens is 1. The summed E-state index contributed by atoms with van der Waals surface area (Å²) in [5.74, 6) is -0.236. The van der Waals surface area contributed by atoms with Gasteiger partial charge in [0.1, 0.15) is 0 Å². The zero-order valence-corrected chi connectivity index (χ0v) is 18.5. The van der Waals surface area contributed by atoms with Crippen molar-refractivity contribution in [1.82, 2.24) is 15.5 Å². The Kier molecular flexibility index (Phi) is 6.70. The zero-order valence-electron chi connectivity index (χ0n) is 17.0. The SMILES string of the molecule is CCC(C)NC(=O)CC1=CSC2=NC(C)=C(C(=O)NC)C(c3ccc(Cl)cc3)N12. The van der Waals surface area contributed by atoms with Crippen LogP contribution in [0.25, 0.3) is 0 Å². The molecule has 2 heterocycles. The van der Waals surface area contributed by atoms with Crippen LogP contribution >= 0.6 is 23.4 Å². The lowest BCUT2D eigenvalue weighted by molar-refractivity contribution is -0.121. The van der Waals surface area contributed by atoms with Crippen molar-refractivity contribution < 1.29 is 9.59 Å². The number of amides is 2. The summed E-state index contributed by atoms with van der Waals surface area (Å²) in [5.41, 5.74) is 2.97. The first-order valence-electron chi connectivity index (χ1n) is 9.57. The van der Waals surface area contributed by atoms with Crippen LogP contribution in [-0.2, 0) is 9.59 Å². The minimum Gasteiger partial charge on any atom is -0.355 e. The fourth-order valence-electron chi connectivity index (χ4n) is 3.35. The smallest absolute Gasteiger partial charge is 0.251 e. The molecule has 3 rings (SSSR count). The highest BCUT2D eigenvalue weighted by atomic mass is 35.5. The molecule has 0 aliphatic carbocycles. The maximum Gasteiger partial charge on any atom is 0.251 e. The lowest BCUT2D eigenvalue weighted by Gasteiger charge is -2.36. The molecule has 0 saturated heterocycles. The van der Waals surface area contributed by atoms with Crippen LogP contribution in [0.4, 0.5) is 0 Å². The summed E-state index contributed by atoms with van der Waals surface area (Å²) < 4.78 is 0. The van der Waals surface area contributed by atoms with Gasteiger partial charge >= 0.3 is 0 Å². The molecule has 2 unspecified atom stereocenters. The second kappa shape index (κ2) is 9.05. The Morgan fingerprint density at radius 3 is 2.62 bits per heavy atom. The lowest BCUT2D eigenvalue weighted by Crippen LogP contribution is -2.40. The highest BCUT2D eigenvalue weighted by Crippen LogP contribution is 2.44. The number of allylic oxidation sites excluding steroid dienone is 1. The Balaban J connectivity index is 1.99. The molecule has 1 aromatic carbocycles. The first-order valence-corrected chi connectivity index (χ1v) is 10.8. The Labute approximate surface area is 180 Å². The van der Waals surface area contributed by atoms with Gasteiger partial charge in [0.05, 0.1) is 23.7 Å². The summed E-state index contributed by atoms with van der Waals surface area (Å²) in [7, 11) is 1.61. The second-order valence-electron chi connectivity index (χ2n) is 7.08. The molecule has 2 N–H and O–H groups in total. The monoisotopic (exact) mass is 432 g/mol. The molecular weight excluding hydrogens is 408 g/mol. The number of carbonyl (C=O) groups is 2. The summed E-state index contributed by atoms with van der Waals surface area (Å²) in [6.07, 6.45) is 1.09. The van der Waals surface area contributed by atoms with Gasteiger partial charge in [-0.15, -0.1) is 0 Å². The molecule has 0 aromatic heterocycles. The van der Waals surface area contributed by atoms with Gasteiger partial charge in [-0.05, 0) is 43.4 Å². The van der Waals surface area contributed by atoms with Crippen molar-refractivity contribution in [2.75, 3.05) is 7.05 Å². The van der Waals surface area contributed by atoms with Gasteiger partial charge in [-0.3, -0.25) is 9.59 Å². The van der Waals surface area contributed by atoms with Crippen LogP contribution in [0.3, 0.4) is 0 Å². The van der Waals surface area contributed by atoms with Crippen LogP contribution in [-0.4, -0.2) is 35.0 Å². The zero-order chi connectivity index (χ0) is 21.1. The van der Waals surface area contributed by atoms with E-state index in [0.29, 0.717) is 16.3 Å². The first kappa shape index (κ1) is 21.5. The van der Waals surface area contributed by atoms with Crippen molar-refractivity contribution in [2.24, 2.45) is 4.99 Å². The molecule has 2 aliphatic rings. The molecule has 0 saturated carbocycles. The van der Waals surface area contributed by atoms with Crippen molar-refractivity contribution in [3.05, 3.63) is 57.2 Å². The minimum absolute atomic E-state index is 0.0462. The van der Waals surface area contributed by atoms with Crippen LogP contribution in [0.15, 0.2) is 51.6 Å². The van der Waals surface area contributed by atoms with E-state index in [4.69, 9.17) is 11.6 Å². The van der Waals surface area contributed by atoms with Crippen LogP contribution in [0, 0.1) is 0 Å². The fraction of sp³-hybridized carbons (Fsp3) is 0.381. The molecule has 0 spiro atoms. The van der Waals surface area contributed by atoms with E-state index in [1.54, 1.807) is 19.2 Å². The van der Waals surface area contributed by atoms with E-state index in [-0.39, 0.29) is 30.3 Å². The van der Waals surface area contributed by atoms with Gasteiger partial charge in [0, 0.05) is 23.8 Å². The molecule has 1 aromatic rings. The predicted octanol–water partition coefficient (Wildman–Crippen LogP) is 3.97. The number of hydrogen-bond donors (Lipinski definition) is 2. The standard InChI is InChI=1S/C21H25ClN4O2S/c1-5-12(2)24-17(27)10-16-11-29-21-25-13(3)18(20(28)23-4)19(26(16)21)14-6-8-15(22)9-7-14/h6-9,11-12,19H,5,10H2,1-4H3,(H,23,28)(H,24,27). The third-order valence-electron chi connectivity index (χ3n) is 5.02. The molecule has 0 bridgehead atoms. The van der Waals surface area contributed by atoms with Gasteiger partial charge in [-0.2, -0.15) is 0 Å². The van der Waals surface area contributed by atoms with E-state index in [1.807, 2.05) is 43.2 Å². The van der Waals surface area contributed by atoms with Crippen LogP contribution in [0.5, 0.6) is 0 Å². The number of amidine groups is 1. The van der Waals surface area contributed by atoms with Crippen molar-refractivity contribution in [3.8, 4) is 0 Å². The Morgan fingerprint density at radius 1 is 1.31 bits per heavy atom. The quantitative estimate of drug-likeness (QED) is 0.713. The molecule has 29 heavy (non-hydrogen) atoms. The molecular formula is C21H25ClN4O2S. The summed E-state index contributed by atoms with van der Waals surface area (Å²) >= 11 is 7.55. The van der Waals surface area contributed by atoms with Gasteiger partial charge in [-0.25, -0.2) is 4.99 Å². The van der Waals surface area contributed by atoms with Gasteiger partial charge < -0.3 is 15.5 Å². The van der Waals surface area contributed by atoms with Gasteiger partial charge in [-0.1, -0.05) is 42.4 Å². The number of likely N-dealkylation sites (N-methyl/N-ethyl adjacent to an activating group) is 1. The maximum atomic E-state index is 12.7. The number of thioether (sulfide) groups is 1. The average molecular weight is 433 g/mol. The van der Waals surface area contributed by atoms with Crippen molar-refractivity contribution in [2.45, 2.75) is 45.7 Å². The fourth-order valence-corrected chi connectivity index (χ4v) is 4.44. The molecule has 0 fully saturated rings. The van der Waals surface area contributed by atoms with Gasteiger partial charge in [0.2, 0.25) is 5.91 Å². The predicted molar refractivity (Wildman–Crippen MR) is 118 cm³/mol. The van der Waals surface area contributed by atoms with Gasteiger partial charge in [0.25, 0.3) is 5.91 Å². The van der Waals surface area contributed by atoms with Gasteiger partial charge in [0.15, 0.2) is 5.17 Å². The van der Waals surface area contributed by atoms with E-state index >= 15 is 0 Å². The Bertz CT molecular complexity index is 908. The molecule has 0 radical (unpaired) electrons. The molecule has 2 atom stereocenters. The van der Waals surface area contributed by atoms with Crippen molar-refractivity contribution in [1.29, 1.82) is 0 Å². The number of rotatable bonds is 6. The van der Waals surface area contributed by atoms with Crippen molar-refractivity contribution >= 4 is 40.3 Å². The van der Waals surface area contributed by atoms with E-state index in [2.05, 4.69) is 15.6 Å². The number of aliphatic imine (C=N–C) groups is 1. The topological polar surface area (TPSA) is 73.8 Å². The van der Waals surface area contributed by atoms with Crippen LogP contribution in [0.2, 0.25) is 5.02 Å². The lowest BCUT2D eigenvalue weighted by atomic mass is 9.93. The van der Waals surface area contributed by atoms with E-state index < -0.39 is 0 Å². The highest BCUT2D eigenvalue weighted by Gasteiger charge is 2.40. The number of nitrogens with zero attached hydrogens (tertiary/aromatic N) is 2. The molecule has 2 aliphatic heterocycles. The van der Waals surface area contributed by atoms with E-state index in [0.717, 1.165) is 22.8 Å². The maximum absolute atomic E-state index is 12.7. The second-order valence-corrected chi connectivity index (χ2v) is 8.35. The first-order chi connectivity index (χ1) is 13.8. The molecule has 154 valence electrons. The normalized spacial score (nSPS) is 19.3. The van der Waals surface area contributed by atoms with Crippen molar-refractivity contribution in [3.63, 3.8) is 0 Å². The average Bonchev–Trinajstić information content (AvgIpc) is 3.08. The number of fused-ring (bicyclic) bond motifs is 1. The van der Waals surface area contributed by atoms with E-state index in [1.165, 1.54) is 11.8 Å². The van der Waals surface area contributed by atoms with Crippen LogP contribution < -0.4 is 10.6 Å². The van der Waals surface area contributed by atoms with E-state index in [9.17, 15) is 9.59 Å². The molecule has 2 amide bonds. The summed E-state index contributed by atoms with van der Waals surface area (Å²) in [6, 6.07) is 7.17. The summed E-state index contributed by atoms with van der Waals surface area (Å²) in [5, 5.41) is 9.06. The molecule has 6 nitrogen and oxygen atoms in total. The third kappa shape index (κ3) is 4.51. The van der Waals surface area contributed by atoms with Crippen LogP contribution in [0.1, 0.15) is 45.2 Å². The largest absolute Gasteiger partial charge is 0.355 e. The Hall–Kier alpha value is -2.25. The minimum atomic E-state index is -0.377. The Morgan fingerprint density at radius 2 is 2.00 bits per heavy atom. The number of nitrogens with one attached hydrogen (secondary N) is 2. The number of hydrogen-bond acceptors (Lipinski definition) is 5. The number of carbonyl (C=O) groups excluding carboxylic acids is 2. The summed E-state index contributed by atoms with van der Waals surface area (Å²) in [4.78, 5) is 31.9. The third-order valence-corrected chi connectivity index (χ3v) is 6.16. The highest BCUT2D eigenvalue weighted by molar-refractivity contribution is 8.16. The summed E-state index contributed by atoms with van der Waals surface area (Å²) in [6.45, 7) is 5.85. The number of benzene rings is 1.